The number of unbranched alkanes of at least 4 members (excludes halogenated alkanes) is 1. The van der Waals surface area contributed by atoms with Gasteiger partial charge in [-0.05, 0) is 63.0 Å². The summed E-state index contributed by atoms with van der Waals surface area (Å²) >= 11 is 0. The summed E-state index contributed by atoms with van der Waals surface area (Å²) in [6, 6.07) is 6.63. The van der Waals surface area contributed by atoms with Gasteiger partial charge in [0.2, 0.25) is 5.91 Å². The van der Waals surface area contributed by atoms with E-state index in [1.165, 1.54) is 6.07 Å². The van der Waals surface area contributed by atoms with Gasteiger partial charge in [-0.25, -0.2) is 4.39 Å². The first-order valence-electron chi connectivity index (χ1n) is 9.67. The van der Waals surface area contributed by atoms with Crippen LogP contribution in [0.25, 0.3) is 0 Å². The molecule has 2 rings (SSSR count). The molecule has 1 aromatic carbocycles. The SMILES string of the molecule is CN=C(NCCCCN1CCC(C(N)=O)CC1)N(C)Cc1cccc(F)c1. The number of nitrogens with one attached hydrogen (secondary N) is 1. The van der Waals surface area contributed by atoms with Gasteiger partial charge in [0.15, 0.2) is 5.96 Å². The molecule has 6 nitrogen and oxygen atoms in total. The first-order valence-corrected chi connectivity index (χ1v) is 9.67. The predicted molar refractivity (Wildman–Crippen MR) is 107 cm³/mol. The van der Waals surface area contributed by atoms with Gasteiger partial charge in [0.05, 0.1) is 0 Å². The molecule has 1 aromatic rings. The molecule has 1 aliphatic rings. The maximum atomic E-state index is 13.3. The second-order valence-electron chi connectivity index (χ2n) is 7.19. The number of hydrogen-bond donors (Lipinski definition) is 2. The highest BCUT2D eigenvalue weighted by atomic mass is 19.1. The molecule has 1 aliphatic heterocycles. The molecule has 0 saturated carbocycles. The minimum absolute atomic E-state index is 0.0554. The van der Waals surface area contributed by atoms with Gasteiger partial charge in [0.1, 0.15) is 5.82 Å². The summed E-state index contributed by atoms with van der Waals surface area (Å²) in [5.74, 6) is 0.484. The fraction of sp³-hybridized carbons (Fsp3) is 0.600. The Kier molecular flexibility index (Phi) is 8.51. The molecule has 1 saturated heterocycles. The zero-order valence-corrected chi connectivity index (χ0v) is 16.5. The molecular weight excluding hydrogens is 345 g/mol. The van der Waals surface area contributed by atoms with Gasteiger partial charge in [-0.2, -0.15) is 0 Å². The number of halogens is 1. The van der Waals surface area contributed by atoms with Gasteiger partial charge in [0.25, 0.3) is 0 Å². The molecule has 1 amide bonds. The lowest BCUT2D eigenvalue weighted by molar-refractivity contribution is -0.123. The summed E-state index contributed by atoms with van der Waals surface area (Å²) in [5.41, 5.74) is 6.29. The summed E-state index contributed by atoms with van der Waals surface area (Å²) < 4.78 is 13.3. The summed E-state index contributed by atoms with van der Waals surface area (Å²) in [6.45, 7) is 4.41. The van der Waals surface area contributed by atoms with Gasteiger partial charge >= 0.3 is 0 Å². The second kappa shape index (κ2) is 10.9. The molecular formula is C20H32FN5O. The highest BCUT2D eigenvalue weighted by Crippen LogP contribution is 2.16. The van der Waals surface area contributed by atoms with Crippen LogP contribution in [0.4, 0.5) is 4.39 Å². The van der Waals surface area contributed by atoms with E-state index in [9.17, 15) is 9.18 Å². The van der Waals surface area contributed by atoms with Crippen LogP contribution in [0.2, 0.25) is 0 Å². The molecule has 0 aliphatic carbocycles. The first-order chi connectivity index (χ1) is 13.0. The Bertz CT molecular complexity index is 629. The van der Waals surface area contributed by atoms with Crippen molar-refractivity contribution in [2.75, 3.05) is 40.3 Å². The molecule has 0 spiro atoms. The number of amides is 1. The molecule has 3 N–H and O–H groups in total. The van der Waals surface area contributed by atoms with Crippen molar-refractivity contribution in [3.8, 4) is 0 Å². The Morgan fingerprint density at radius 2 is 2.11 bits per heavy atom. The molecule has 0 radical (unpaired) electrons. The van der Waals surface area contributed by atoms with E-state index in [-0.39, 0.29) is 17.6 Å². The number of nitrogens with zero attached hydrogens (tertiary/aromatic N) is 3. The van der Waals surface area contributed by atoms with Crippen LogP contribution in [0.3, 0.4) is 0 Å². The first kappa shape index (κ1) is 21.2. The topological polar surface area (TPSA) is 74.0 Å². The van der Waals surface area contributed by atoms with Gasteiger partial charge < -0.3 is 20.9 Å². The third-order valence-corrected chi connectivity index (χ3v) is 5.06. The van der Waals surface area contributed by atoms with Crippen LogP contribution in [-0.4, -0.2) is 61.9 Å². The molecule has 7 heteroatoms. The van der Waals surface area contributed by atoms with E-state index in [1.54, 1.807) is 19.2 Å². The van der Waals surface area contributed by atoms with Crippen molar-refractivity contribution < 1.29 is 9.18 Å². The lowest BCUT2D eigenvalue weighted by Crippen LogP contribution is -2.40. The number of benzene rings is 1. The third-order valence-electron chi connectivity index (χ3n) is 5.06. The van der Waals surface area contributed by atoms with Crippen molar-refractivity contribution in [1.29, 1.82) is 0 Å². The number of hydrogen-bond acceptors (Lipinski definition) is 3. The Labute approximate surface area is 161 Å². The maximum Gasteiger partial charge on any atom is 0.220 e. The average molecular weight is 378 g/mol. The van der Waals surface area contributed by atoms with Crippen molar-refractivity contribution >= 4 is 11.9 Å². The van der Waals surface area contributed by atoms with E-state index in [0.717, 1.165) is 63.4 Å². The van der Waals surface area contributed by atoms with E-state index < -0.39 is 0 Å². The fourth-order valence-electron chi connectivity index (χ4n) is 3.47. The summed E-state index contributed by atoms with van der Waals surface area (Å²) in [4.78, 5) is 19.9. The van der Waals surface area contributed by atoms with Gasteiger partial charge in [-0.15, -0.1) is 0 Å². The zero-order chi connectivity index (χ0) is 19.6. The number of guanidine groups is 1. The average Bonchev–Trinajstić information content (AvgIpc) is 2.65. The molecule has 0 bridgehead atoms. The Hall–Kier alpha value is -2.15. The highest BCUT2D eigenvalue weighted by Gasteiger charge is 2.22. The van der Waals surface area contributed by atoms with Crippen LogP contribution >= 0.6 is 0 Å². The quantitative estimate of drug-likeness (QED) is 0.412. The number of likely N-dealkylation sites (tertiary alicyclic amines) is 1. The monoisotopic (exact) mass is 377 g/mol. The van der Waals surface area contributed by atoms with Gasteiger partial charge in [-0.3, -0.25) is 9.79 Å². The largest absolute Gasteiger partial charge is 0.369 e. The smallest absolute Gasteiger partial charge is 0.220 e. The van der Waals surface area contributed by atoms with Crippen LogP contribution in [0.15, 0.2) is 29.3 Å². The van der Waals surface area contributed by atoms with Crippen molar-refractivity contribution in [1.82, 2.24) is 15.1 Å². The van der Waals surface area contributed by atoms with Crippen molar-refractivity contribution in [3.63, 3.8) is 0 Å². The van der Waals surface area contributed by atoms with E-state index in [0.29, 0.717) is 6.54 Å². The highest BCUT2D eigenvalue weighted by molar-refractivity contribution is 5.79. The Balaban J connectivity index is 1.63. The van der Waals surface area contributed by atoms with Crippen LogP contribution in [0, 0.1) is 11.7 Å². The standard InChI is InChI=1S/C20H32FN5O/c1-23-20(25(2)15-16-6-5-7-18(21)14-16)24-10-3-4-11-26-12-8-17(9-13-26)19(22)27/h5-7,14,17H,3-4,8-13,15H2,1-2H3,(H2,22,27)(H,23,24). The number of carbonyl (C=O) groups excluding carboxylic acids is 1. The number of carbonyl (C=O) groups is 1. The summed E-state index contributed by atoms with van der Waals surface area (Å²) in [6.07, 6.45) is 3.90. The number of nitrogens with two attached hydrogens (primary N) is 1. The second-order valence-corrected chi connectivity index (χ2v) is 7.19. The molecule has 0 atom stereocenters. The maximum absolute atomic E-state index is 13.3. The van der Waals surface area contributed by atoms with Crippen LogP contribution in [-0.2, 0) is 11.3 Å². The normalized spacial score (nSPS) is 16.3. The van der Waals surface area contributed by atoms with Crippen LogP contribution < -0.4 is 11.1 Å². The molecule has 27 heavy (non-hydrogen) atoms. The molecule has 0 unspecified atom stereocenters. The van der Waals surface area contributed by atoms with Crippen molar-refractivity contribution in [3.05, 3.63) is 35.6 Å². The Morgan fingerprint density at radius 3 is 2.74 bits per heavy atom. The zero-order valence-electron chi connectivity index (χ0n) is 16.5. The van der Waals surface area contributed by atoms with E-state index in [4.69, 9.17) is 5.73 Å². The van der Waals surface area contributed by atoms with Crippen LogP contribution in [0.1, 0.15) is 31.2 Å². The van der Waals surface area contributed by atoms with Crippen molar-refractivity contribution in [2.45, 2.75) is 32.2 Å². The molecule has 1 heterocycles. The summed E-state index contributed by atoms with van der Waals surface area (Å²) in [5, 5.41) is 3.37. The number of primary amides is 1. The predicted octanol–water partition coefficient (Wildman–Crippen LogP) is 1.81. The van der Waals surface area contributed by atoms with E-state index in [1.807, 2.05) is 18.0 Å². The lowest BCUT2D eigenvalue weighted by atomic mass is 9.96. The third kappa shape index (κ3) is 7.17. The minimum atomic E-state index is -0.219. The Morgan fingerprint density at radius 1 is 1.37 bits per heavy atom. The molecule has 1 fully saturated rings. The van der Waals surface area contributed by atoms with Gasteiger partial charge in [0, 0.05) is 33.1 Å². The number of aliphatic imine (C=N–C) groups is 1. The molecule has 150 valence electrons. The number of piperidine rings is 1. The van der Waals surface area contributed by atoms with Gasteiger partial charge in [-0.1, -0.05) is 12.1 Å². The van der Waals surface area contributed by atoms with E-state index in [2.05, 4.69) is 15.2 Å². The summed E-state index contributed by atoms with van der Waals surface area (Å²) in [7, 11) is 3.70. The van der Waals surface area contributed by atoms with Crippen LogP contribution in [0.5, 0.6) is 0 Å². The minimum Gasteiger partial charge on any atom is -0.369 e. The van der Waals surface area contributed by atoms with Crippen molar-refractivity contribution in [2.24, 2.45) is 16.6 Å². The number of rotatable bonds is 8. The lowest BCUT2D eigenvalue weighted by Gasteiger charge is -2.30. The van der Waals surface area contributed by atoms with E-state index >= 15 is 0 Å². The fourth-order valence-corrected chi connectivity index (χ4v) is 3.47. The molecule has 0 aromatic heterocycles.